The van der Waals surface area contributed by atoms with E-state index in [0.717, 1.165) is 78.3 Å². The second-order valence-electron chi connectivity index (χ2n) is 16.6. The molecule has 0 amide bonds. The van der Waals surface area contributed by atoms with Gasteiger partial charge in [-0.1, -0.05) is 72.8 Å². The van der Waals surface area contributed by atoms with Crippen molar-refractivity contribution in [1.82, 2.24) is 19.5 Å². The summed E-state index contributed by atoms with van der Waals surface area (Å²) >= 11 is 3.56. The van der Waals surface area contributed by atoms with Crippen LogP contribution < -0.4 is 9.80 Å². The van der Waals surface area contributed by atoms with Crippen LogP contribution in [0.2, 0.25) is 0 Å². The van der Waals surface area contributed by atoms with E-state index in [9.17, 15) is 0 Å². The van der Waals surface area contributed by atoms with Gasteiger partial charge in [-0.25, -0.2) is 9.97 Å². The summed E-state index contributed by atoms with van der Waals surface area (Å²) in [5.74, 6) is 0.913. The lowest BCUT2D eigenvalue weighted by molar-refractivity contribution is 1.10. The van der Waals surface area contributed by atoms with E-state index in [4.69, 9.17) is 9.97 Å². The molecule has 13 rings (SSSR count). The van der Waals surface area contributed by atoms with Gasteiger partial charge in [0.05, 0.1) is 33.1 Å². The highest BCUT2D eigenvalue weighted by Gasteiger charge is 2.19. The van der Waals surface area contributed by atoms with Crippen LogP contribution in [0.25, 0.3) is 79.8 Å². The average Bonchev–Trinajstić information content (AvgIpc) is 4.11. The number of pyridine rings is 1. The summed E-state index contributed by atoms with van der Waals surface area (Å²) in [5, 5.41) is 5.92. The molecule has 0 saturated heterocycles. The molecular weight excluding hydrogens is 857 g/mol. The zero-order valence-electron chi connectivity index (χ0n) is 35.9. The lowest BCUT2D eigenvalue weighted by Crippen LogP contribution is -2.10. The topological polar surface area (TPSA) is 50.1 Å². The number of aromatic nitrogens is 4. The van der Waals surface area contributed by atoms with E-state index in [1.54, 1.807) is 11.3 Å². The number of anilines is 6. The Hall–Kier alpha value is -8.43. The second-order valence-corrected chi connectivity index (χ2v) is 18.7. The van der Waals surface area contributed by atoms with E-state index in [-0.39, 0.29) is 0 Å². The maximum Gasteiger partial charge on any atom is 0.145 e. The normalized spacial score (nSPS) is 11.6. The van der Waals surface area contributed by atoms with Crippen molar-refractivity contribution < 1.29 is 0 Å². The number of nitrogens with zero attached hydrogens (tertiary/aromatic N) is 6. The first-order valence-electron chi connectivity index (χ1n) is 22.2. The van der Waals surface area contributed by atoms with Gasteiger partial charge in [-0.05, 0) is 156 Å². The van der Waals surface area contributed by atoms with Gasteiger partial charge >= 0.3 is 0 Å². The predicted molar refractivity (Wildman–Crippen MR) is 283 cm³/mol. The third kappa shape index (κ3) is 6.98. The lowest BCUT2D eigenvalue weighted by Gasteiger charge is -2.25. The number of fused-ring (bicyclic) bond motifs is 6. The van der Waals surface area contributed by atoms with Crippen molar-refractivity contribution in [3.63, 3.8) is 0 Å². The Morgan fingerprint density at radius 3 is 1.79 bits per heavy atom. The molecule has 0 unspecified atom stereocenters. The molecule has 6 nitrogen and oxygen atoms in total. The van der Waals surface area contributed by atoms with Gasteiger partial charge in [0.15, 0.2) is 0 Å². The molecule has 0 N–H and O–H groups in total. The van der Waals surface area contributed by atoms with Gasteiger partial charge in [0.1, 0.15) is 10.8 Å². The molecule has 13 aromatic rings. The fourth-order valence-corrected chi connectivity index (χ4v) is 11.4. The third-order valence-electron chi connectivity index (χ3n) is 12.5. The smallest absolute Gasteiger partial charge is 0.145 e. The highest BCUT2D eigenvalue weighted by atomic mass is 32.1. The van der Waals surface area contributed by atoms with Crippen LogP contribution in [0.3, 0.4) is 0 Å². The molecule has 0 spiro atoms. The minimum atomic E-state index is 0.913. The number of rotatable bonds is 9. The maximum atomic E-state index is 5.13. The fourth-order valence-electron chi connectivity index (χ4n) is 9.30. The molecule has 67 heavy (non-hydrogen) atoms. The first-order valence-corrected chi connectivity index (χ1v) is 23.9. The number of thiazole rings is 1. The number of benzene rings is 9. The number of para-hydroxylation sites is 5. The van der Waals surface area contributed by atoms with E-state index >= 15 is 0 Å². The maximum absolute atomic E-state index is 5.13. The van der Waals surface area contributed by atoms with Crippen LogP contribution in [0.15, 0.2) is 231 Å². The van der Waals surface area contributed by atoms with Crippen LogP contribution in [0.4, 0.5) is 34.1 Å². The van der Waals surface area contributed by atoms with Crippen molar-refractivity contribution >= 4 is 109 Å². The summed E-state index contributed by atoms with van der Waals surface area (Å²) in [5.41, 5.74) is 12.7. The summed E-state index contributed by atoms with van der Waals surface area (Å²) in [6.07, 6.45) is 3.75. The van der Waals surface area contributed by atoms with Crippen LogP contribution in [-0.2, 0) is 0 Å². The minimum absolute atomic E-state index is 0.913. The van der Waals surface area contributed by atoms with Gasteiger partial charge in [0, 0.05) is 71.6 Å². The molecular formula is C59H38N6S2. The van der Waals surface area contributed by atoms with E-state index in [2.05, 4.69) is 220 Å². The van der Waals surface area contributed by atoms with Crippen LogP contribution in [-0.4, -0.2) is 19.5 Å². The average molecular weight is 895 g/mol. The van der Waals surface area contributed by atoms with Gasteiger partial charge in [-0.15, -0.1) is 22.7 Å². The molecule has 0 fully saturated rings. The molecule has 9 aromatic carbocycles. The molecule has 0 atom stereocenters. The van der Waals surface area contributed by atoms with E-state index in [1.807, 2.05) is 41.9 Å². The molecule has 8 heteroatoms. The van der Waals surface area contributed by atoms with Crippen LogP contribution in [0, 0.1) is 0 Å². The first kappa shape index (κ1) is 39.0. The molecule has 0 aliphatic carbocycles. The summed E-state index contributed by atoms with van der Waals surface area (Å²) in [6.45, 7) is 0. The molecule has 4 aromatic heterocycles. The van der Waals surface area contributed by atoms with Crippen molar-refractivity contribution in [1.29, 1.82) is 0 Å². The van der Waals surface area contributed by atoms with Gasteiger partial charge < -0.3 is 9.80 Å². The Balaban J connectivity index is 0.860. The Bertz CT molecular complexity index is 3890. The van der Waals surface area contributed by atoms with E-state index in [0.29, 0.717) is 0 Å². The third-order valence-corrected chi connectivity index (χ3v) is 14.7. The summed E-state index contributed by atoms with van der Waals surface area (Å²) < 4.78 is 5.93. The first-order chi connectivity index (χ1) is 33.2. The Labute approximate surface area is 394 Å². The Morgan fingerprint density at radius 2 is 1.01 bits per heavy atom. The largest absolute Gasteiger partial charge is 0.310 e. The molecule has 0 saturated carbocycles. The highest BCUT2D eigenvalue weighted by Crippen LogP contribution is 2.44. The molecule has 0 aliphatic rings. The fraction of sp³-hybridized carbons (Fsp3) is 0. The zero-order chi connectivity index (χ0) is 44.3. The van der Waals surface area contributed by atoms with Gasteiger partial charge in [0.25, 0.3) is 0 Å². The van der Waals surface area contributed by atoms with Crippen LogP contribution in [0.1, 0.15) is 0 Å². The number of hydrogen-bond acceptors (Lipinski definition) is 7. The minimum Gasteiger partial charge on any atom is -0.310 e. The molecule has 0 bridgehead atoms. The van der Waals surface area contributed by atoms with E-state index in [1.165, 1.54) is 35.6 Å². The quantitative estimate of drug-likeness (QED) is 0.144. The van der Waals surface area contributed by atoms with Crippen molar-refractivity contribution in [2.24, 2.45) is 0 Å². The van der Waals surface area contributed by atoms with Crippen molar-refractivity contribution in [2.75, 3.05) is 9.80 Å². The van der Waals surface area contributed by atoms with Gasteiger partial charge in [0.2, 0.25) is 0 Å². The van der Waals surface area contributed by atoms with Gasteiger partial charge in [-0.3, -0.25) is 9.55 Å². The Morgan fingerprint density at radius 1 is 0.388 bits per heavy atom. The summed E-state index contributed by atoms with van der Waals surface area (Å²) in [7, 11) is 0. The van der Waals surface area contributed by atoms with Crippen molar-refractivity contribution in [3.8, 4) is 27.6 Å². The number of hydrogen-bond donors (Lipinski definition) is 0. The van der Waals surface area contributed by atoms with Crippen molar-refractivity contribution in [3.05, 3.63) is 231 Å². The van der Waals surface area contributed by atoms with E-state index < -0.39 is 0 Å². The molecule has 0 radical (unpaired) electrons. The summed E-state index contributed by atoms with van der Waals surface area (Å²) in [6, 6.07) is 77.7. The van der Waals surface area contributed by atoms with Gasteiger partial charge in [-0.2, -0.15) is 0 Å². The second kappa shape index (κ2) is 16.2. The van der Waals surface area contributed by atoms with Crippen LogP contribution >= 0.6 is 22.7 Å². The summed E-state index contributed by atoms with van der Waals surface area (Å²) in [4.78, 5) is 19.2. The molecule has 0 aliphatic heterocycles. The van der Waals surface area contributed by atoms with Crippen LogP contribution in [0.5, 0.6) is 0 Å². The lowest BCUT2D eigenvalue weighted by atomic mass is 10.0. The zero-order valence-corrected chi connectivity index (χ0v) is 37.6. The predicted octanol–water partition coefficient (Wildman–Crippen LogP) is 16.8. The number of thiophene rings is 1. The standard InChI is InChI=1S/C59H38N6S2/c1-3-12-43(13-4-1)63(45-26-21-39(22-27-45)58-61-52-17-7-9-19-54(52)65(58)44-14-5-2-6-15-44)48-31-32-50-51-35-41-25-30-47(34-42(41)36-56(51)66-57(50)37-48)64(49-16-11-33-60-38-49)46-28-23-40(24-29-46)59-62-53-18-8-10-20-55(53)67-59/h1-38H. The SMILES string of the molecule is c1ccc(N(c2ccc(-c3nc4ccccc4n3-c3ccccc3)cc2)c2ccc3c(c2)sc2cc4cc(N(c5ccc(-c6nc7ccccc7s6)cc5)c5cccnc5)ccc4cc23)cc1. The molecule has 4 heterocycles. The Kier molecular flexibility index (Phi) is 9.44. The highest BCUT2D eigenvalue weighted by molar-refractivity contribution is 7.26. The monoisotopic (exact) mass is 894 g/mol. The number of imidazole rings is 1. The molecule has 316 valence electrons. The van der Waals surface area contributed by atoms with Crippen molar-refractivity contribution in [2.45, 2.75) is 0 Å².